The summed E-state index contributed by atoms with van der Waals surface area (Å²) in [6.45, 7) is 6.57. The van der Waals surface area contributed by atoms with E-state index >= 15 is 0 Å². The summed E-state index contributed by atoms with van der Waals surface area (Å²) >= 11 is 5.00. The largest absolute Gasteiger partial charge is 0.490 e. The van der Waals surface area contributed by atoms with Crippen molar-refractivity contribution in [2.45, 2.75) is 33.3 Å². The molecule has 2 heterocycles. The minimum Gasteiger partial charge on any atom is -0.490 e. The number of aromatic nitrogens is 2. The minimum absolute atomic E-state index is 0.0662. The average Bonchev–Trinajstić information content (AvgIpc) is 3.21. The molecule has 0 aliphatic rings. The predicted octanol–water partition coefficient (Wildman–Crippen LogP) is 4.80. The van der Waals surface area contributed by atoms with Crippen LogP contribution < -0.4 is 19.6 Å². The first kappa shape index (κ1) is 19.9. The van der Waals surface area contributed by atoms with E-state index in [4.69, 9.17) is 9.47 Å². The zero-order valence-corrected chi connectivity index (χ0v) is 18.8. The van der Waals surface area contributed by atoms with Crippen LogP contribution in [0.4, 0.5) is 0 Å². The molecule has 0 fully saturated rings. The molecule has 4 aromatic rings. The number of hydrogen-bond acceptors (Lipinski definition) is 5. The Morgan fingerprint density at radius 3 is 2.79 bits per heavy atom. The molecule has 29 heavy (non-hydrogen) atoms. The van der Waals surface area contributed by atoms with Crippen LogP contribution in [0.1, 0.15) is 32.8 Å². The lowest BCUT2D eigenvalue weighted by Gasteiger charge is -2.17. The molecule has 0 radical (unpaired) electrons. The van der Waals surface area contributed by atoms with Gasteiger partial charge in [-0.1, -0.05) is 46.3 Å². The fourth-order valence-corrected chi connectivity index (χ4v) is 4.49. The molecule has 0 saturated heterocycles. The van der Waals surface area contributed by atoms with Crippen molar-refractivity contribution >= 4 is 49.3 Å². The third kappa shape index (κ3) is 3.76. The van der Waals surface area contributed by atoms with E-state index in [2.05, 4.69) is 27.8 Å². The number of benzene rings is 2. The molecule has 2 aromatic heterocycles. The minimum atomic E-state index is -0.0662. The Balaban J connectivity index is 1.84. The van der Waals surface area contributed by atoms with Crippen LogP contribution in [0, 0.1) is 0 Å². The molecule has 4 rings (SSSR count). The number of thiazole rings is 1. The Kier molecular flexibility index (Phi) is 5.61. The van der Waals surface area contributed by atoms with Crippen molar-refractivity contribution in [1.82, 2.24) is 9.38 Å². The molecule has 1 unspecified atom stereocenters. The molecule has 5 nitrogen and oxygen atoms in total. The summed E-state index contributed by atoms with van der Waals surface area (Å²) in [4.78, 5) is 18.3. The predicted molar refractivity (Wildman–Crippen MR) is 121 cm³/mol. The quantitative estimate of drug-likeness (QED) is 0.404. The van der Waals surface area contributed by atoms with Gasteiger partial charge in [0.2, 0.25) is 0 Å². The van der Waals surface area contributed by atoms with Crippen LogP contribution in [-0.4, -0.2) is 22.1 Å². The van der Waals surface area contributed by atoms with Gasteiger partial charge in [-0.25, -0.2) is 9.38 Å². The number of para-hydroxylation sites is 2. The van der Waals surface area contributed by atoms with Gasteiger partial charge in [-0.15, -0.1) is 0 Å². The SMILES string of the molecule is CCOc1cc(C=c2sc3nc4ccccc4n3c2=O)c(Br)cc1OC(C)CC. The molecule has 0 aliphatic carbocycles. The molecule has 2 aromatic carbocycles. The summed E-state index contributed by atoms with van der Waals surface area (Å²) in [7, 11) is 0. The topological polar surface area (TPSA) is 52.8 Å². The number of imidazole rings is 1. The first-order valence-corrected chi connectivity index (χ1v) is 11.2. The molecule has 0 N–H and O–H groups in total. The van der Waals surface area contributed by atoms with E-state index in [0.29, 0.717) is 27.6 Å². The summed E-state index contributed by atoms with van der Waals surface area (Å²) in [6.07, 6.45) is 2.86. The van der Waals surface area contributed by atoms with Gasteiger partial charge < -0.3 is 9.47 Å². The Morgan fingerprint density at radius 1 is 1.24 bits per heavy atom. The molecule has 0 amide bonds. The van der Waals surface area contributed by atoms with Crippen molar-refractivity contribution in [1.29, 1.82) is 0 Å². The van der Waals surface area contributed by atoms with Crippen LogP contribution in [0.15, 0.2) is 45.7 Å². The van der Waals surface area contributed by atoms with Gasteiger partial charge in [0.1, 0.15) is 0 Å². The number of hydrogen-bond donors (Lipinski definition) is 0. The fourth-order valence-electron chi connectivity index (χ4n) is 3.08. The van der Waals surface area contributed by atoms with Crippen LogP contribution in [0.5, 0.6) is 11.5 Å². The van der Waals surface area contributed by atoms with Gasteiger partial charge in [-0.3, -0.25) is 4.79 Å². The zero-order valence-electron chi connectivity index (χ0n) is 16.4. The van der Waals surface area contributed by atoms with Crippen molar-refractivity contribution in [2.75, 3.05) is 6.61 Å². The lowest BCUT2D eigenvalue weighted by atomic mass is 10.2. The van der Waals surface area contributed by atoms with Crippen molar-refractivity contribution in [3.8, 4) is 11.5 Å². The highest BCUT2D eigenvalue weighted by molar-refractivity contribution is 9.10. The molecule has 150 valence electrons. The lowest BCUT2D eigenvalue weighted by molar-refractivity contribution is 0.203. The maximum absolute atomic E-state index is 13.0. The van der Waals surface area contributed by atoms with E-state index in [1.807, 2.05) is 56.3 Å². The summed E-state index contributed by atoms with van der Waals surface area (Å²) in [6, 6.07) is 11.5. The maximum Gasteiger partial charge on any atom is 0.274 e. The Morgan fingerprint density at radius 2 is 2.03 bits per heavy atom. The van der Waals surface area contributed by atoms with Crippen LogP contribution in [0.3, 0.4) is 0 Å². The van der Waals surface area contributed by atoms with Gasteiger partial charge in [-0.2, -0.15) is 0 Å². The Hall–Kier alpha value is -2.38. The van der Waals surface area contributed by atoms with Crippen LogP contribution in [0.25, 0.3) is 22.1 Å². The maximum atomic E-state index is 13.0. The first-order valence-electron chi connectivity index (χ1n) is 9.56. The number of fused-ring (bicyclic) bond motifs is 3. The molecule has 0 aliphatic heterocycles. The van der Waals surface area contributed by atoms with Gasteiger partial charge in [0, 0.05) is 4.47 Å². The summed E-state index contributed by atoms with van der Waals surface area (Å²) < 4.78 is 14.9. The van der Waals surface area contributed by atoms with Crippen molar-refractivity contribution < 1.29 is 9.47 Å². The van der Waals surface area contributed by atoms with Crippen molar-refractivity contribution in [2.24, 2.45) is 0 Å². The first-order chi connectivity index (χ1) is 14.0. The van der Waals surface area contributed by atoms with E-state index < -0.39 is 0 Å². The van der Waals surface area contributed by atoms with E-state index in [1.165, 1.54) is 11.3 Å². The van der Waals surface area contributed by atoms with E-state index in [0.717, 1.165) is 27.5 Å². The van der Waals surface area contributed by atoms with Crippen molar-refractivity contribution in [3.63, 3.8) is 0 Å². The molecule has 0 saturated carbocycles. The number of ether oxygens (including phenoxy) is 2. The monoisotopic (exact) mass is 472 g/mol. The van der Waals surface area contributed by atoms with Gasteiger partial charge in [-0.05, 0) is 56.2 Å². The van der Waals surface area contributed by atoms with E-state index in [-0.39, 0.29) is 11.7 Å². The molecule has 7 heteroatoms. The summed E-state index contributed by atoms with van der Waals surface area (Å²) in [5, 5.41) is 0. The van der Waals surface area contributed by atoms with Crippen molar-refractivity contribution in [3.05, 3.63) is 61.3 Å². The number of nitrogens with zero attached hydrogens (tertiary/aromatic N) is 2. The number of halogens is 1. The smallest absolute Gasteiger partial charge is 0.274 e. The van der Waals surface area contributed by atoms with Crippen LogP contribution >= 0.6 is 27.3 Å². The molecule has 1 atom stereocenters. The normalized spacial score (nSPS) is 13.3. The van der Waals surface area contributed by atoms with E-state index in [1.54, 1.807) is 4.40 Å². The average molecular weight is 473 g/mol. The second-order valence-corrected chi connectivity index (χ2v) is 8.59. The van der Waals surface area contributed by atoms with Crippen LogP contribution in [-0.2, 0) is 0 Å². The summed E-state index contributed by atoms with van der Waals surface area (Å²) in [5.41, 5.74) is 2.45. The standard InChI is InChI=1S/C22H21BrN2O3S/c1-4-13(3)28-19-12-15(23)14(10-18(19)27-5-2)11-20-21(26)25-17-9-7-6-8-16(17)24-22(25)29-20/h6-13H,4-5H2,1-3H3. The lowest BCUT2D eigenvalue weighted by Crippen LogP contribution is -2.22. The molecular weight excluding hydrogens is 452 g/mol. The second kappa shape index (κ2) is 8.16. The Bertz CT molecular complexity index is 1300. The fraction of sp³-hybridized carbons (Fsp3) is 0.273. The second-order valence-electron chi connectivity index (χ2n) is 6.72. The highest BCUT2D eigenvalue weighted by atomic mass is 79.9. The zero-order chi connectivity index (χ0) is 20.5. The third-order valence-electron chi connectivity index (χ3n) is 4.70. The highest BCUT2D eigenvalue weighted by Crippen LogP contribution is 2.35. The van der Waals surface area contributed by atoms with Gasteiger partial charge in [0.05, 0.1) is 28.3 Å². The third-order valence-corrected chi connectivity index (χ3v) is 6.35. The summed E-state index contributed by atoms with van der Waals surface area (Å²) in [5.74, 6) is 1.36. The van der Waals surface area contributed by atoms with Gasteiger partial charge in [0.15, 0.2) is 16.5 Å². The highest BCUT2D eigenvalue weighted by Gasteiger charge is 2.14. The molecular formula is C22H21BrN2O3S. The number of rotatable bonds is 6. The van der Waals surface area contributed by atoms with Gasteiger partial charge in [0.25, 0.3) is 5.56 Å². The molecule has 0 spiro atoms. The van der Waals surface area contributed by atoms with Gasteiger partial charge >= 0.3 is 0 Å². The van der Waals surface area contributed by atoms with Crippen LogP contribution in [0.2, 0.25) is 0 Å². The Labute approximate surface area is 180 Å². The van der Waals surface area contributed by atoms with E-state index in [9.17, 15) is 4.79 Å². The molecule has 0 bridgehead atoms.